The molecule has 0 aromatic heterocycles. The van der Waals surface area contributed by atoms with Crippen molar-refractivity contribution >= 4 is 5.71 Å². The van der Waals surface area contributed by atoms with Crippen molar-refractivity contribution in [2.45, 2.75) is 19.8 Å². The third kappa shape index (κ3) is 3.62. The molecule has 4 nitrogen and oxygen atoms in total. The molecule has 0 radical (unpaired) electrons. The largest absolute Gasteiger partial charge is 0.494 e. The van der Waals surface area contributed by atoms with E-state index in [4.69, 9.17) is 15.2 Å². The zero-order valence-electron chi connectivity index (χ0n) is 9.18. The van der Waals surface area contributed by atoms with Crippen molar-refractivity contribution in [2.24, 2.45) is 5.16 Å². The van der Waals surface area contributed by atoms with Crippen molar-refractivity contribution in [2.75, 3.05) is 6.61 Å². The molecule has 0 spiro atoms. The van der Waals surface area contributed by atoms with Gasteiger partial charge in [0.05, 0.1) is 18.4 Å². The van der Waals surface area contributed by atoms with Crippen molar-refractivity contribution in [3.8, 4) is 11.8 Å². The van der Waals surface area contributed by atoms with Crippen LogP contribution in [-0.4, -0.2) is 17.5 Å². The van der Waals surface area contributed by atoms with Crippen molar-refractivity contribution in [3.05, 3.63) is 29.8 Å². The van der Waals surface area contributed by atoms with Gasteiger partial charge >= 0.3 is 0 Å². The Labute approximate surface area is 94.8 Å². The van der Waals surface area contributed by atoms with Crippen LogP contribution in [0.3, 0.4) is 0 Å². The molecule has 0 amide bonds. The van der Waals surface area contributed by atoms with Crippen LogP contribution in [0.4, 0.5) is 0 Å². The summed E-state index contributed by atoms with van der Waals surface area (Å²) in [4.78, 5) is 0. The van der Waals surface area contributed by atoms with Gasteiger partial charge in [-0.3, -0.25) is 0 Å². The lowest BCUT2D eigenvalue weighted by Gasteiger charge is -2.06. The third-order valence-electron chi connectivity index (χ3n) is 2.10. The molecule has 1 aromatic carbocycles. The molecule has 0 saturated carbocycles. The lowest BCUT2D eigenvalue weighted by atomic mass is 10.1. The van der Waals surface area contributed by atoms with Crippen LogP contribution >= 0.6 is 0 Å². The minimum Gasteiger partial charge on any atom is -0.494 e. The first-order chi connectivity index (χ1) is 7.77. The zero-order chi connectivity index (χ0) is 11.8. The number of benzene rings is 1. The zero-order valence-corrected chi connectivity index (χ0v) is 9.18. The normalized spacial score (nSPS) is 10.9. The summed E-state index contributed by atoms with van der Waals surface area (Å²) in [5.41, 5.74) is 1.36. The molecule has 1 rings (SSSR count). The maximum atomic E-state index is 8.64. The number of rotatable bonds is 5. The van der Waals surface area contributed by atoms with E-state index in [1.54, 1.807) is 13.0 Å². The Balaban J connectivity index is 2.58. The number of ether oxygens (including phenoxy) is 1. The second-order valence-electron chi connectivity index (χ2n) is 3.32. The van der Waals surface area contributed by atoms with E-state index >= 15 is 0 Å². The number of hydrogen-bond donors (Lipinski definition) is 1. The molecular formula is C12H14N2O2. The molecule has 0 bridgehead atoms. The van der Waals surface area contributed by atoms with E-state index in [2.05, 4.69) is 11.2 Å². The van der Waals surface area contributed by atoms with Gasteiger partial charge in [0.1, 0.15) is 5.75 Å². The van der Waals surface area contributed by atoms with E-state index in [1.165, 1.54) is 0 Å². The number of unbranched alkanes of at least 4 members (excludes halogenated alkanes) is 1. The van der Waals surface area contributed by atoms with Crippen LogP contribution < -0.4 is 4.74 Å². The molecule has 0 unspecified atom stereocenters. The summed E-state index contributed by atoms with van der Waals surface area (Å²) in [7, 11) is 0. The smallest absolute Gasteiger partial charge is 0.119 e. The quantitative estimate of drug-likeness (QED) is 0.357. The van der Waals surface area contributed by atoms with Gasteiger partial charge in [-0.25, -0.2) is 0 Å². The summed E-state index contributed by atoms with van der Waals surface area (Å²) in [5, 5.41) is 20.1. The lowest BCUT2D eigenvalue weighted by Crippen LogP contribution is -1.99. The van der Waals surface area contributed by atoms with Crippen LogP contribution in [0.5, 0.6) is 5.75 Å². The summed E-state index contributed by atoms with van der Waals surface area (Å²) in [6.45, 7) is 2.24. The summed E-state index contributed by atoms with van der Waals surface area (Å²) in [5.74, 6) is 0.721. The third-order valence-corrected chi connectivity index (χ3v) is 2.10. The van der Waals surface area contributed by atoms with Crippen molar-refractivity contribution in [3.63, 3.8) is 0 Å². The van der Waals surface area contributed by atoms with E-state index in [9.17, 15) is 0 Å². The topological polar surface area (TPSA) is 65.6 Å². The van der Waals surface area contributed by atoms with E-state index in [0.717, 1.165) is 11.3 Å². The maximum absolute atomic E-state index is 8.64. The summed E-state index contributed by atoms with van der Waals surface area (Å²) in [6, 6.07) is 9.38. The summed E-state index contributed by atoms with van der Waals surface area (Å²) in [6.07, 6.45) is 1.21. The van der Waals surface area contributed by atoms with Crippen LogP contribution in [0.2, 0.25) is 0 Å². The summed E-state index contributed by atoms with van der Waals surface area (Å²) < 4.78 is 5.46. The van der Waals surface area contributed by atoms with Gasteiger partial charge in [-0.15, -0.1) is 0 Å². The first-order valence-electron chi connectivity index (χ1n) is 5.06. The number of nitrogens with zero attached hydrogens (tertiary/aromatic N) is 2. The van der Waals surface area contributed by atoms with Crippen LogP contribution in [0, 0.1) is 11.3 Å². The van der Waals surface area contributed by atoms with Gasteiger partial charge < -0.3 is 9.94 Å². The molecule has 0 saturated heterocycles. The van der Waals surface area contributed by atoms with Gasteiger partial charge in [0.15, 0.2) is 0 Å². The number of nitriles is 1. The highest BCUT2D eigenvalue weighted by atomic mass is 16.5. The fourth-order valence-electron chi connectivity index (χ4n) is 1.21. The molecular weight excluding hydrogens is 204 g/mol. The Morgan fingerprint density at radius 1 is 1.56 bits per heavy atom. The van der Waals surface area contributed by atoms with Crippen molar-refractivity contribution in [1.82, 2.24) is 0 Å². The second kappa shape index (κ2) is 6.46. The van der Waals surface area contributed by atoms with Crippen LogP contribution in [0.15, 0.2) is 29.4 Å². The molecule has 0 aliphatic rings. The van der Waals surface area contributed by atoms with Crippen molar-refractivity contribution < 1.29 is 9.94 Å². The Kier molecular flexibility index (Phi) is 4.87. The molecule has 0 atom stereocenters. The predicted octanol–water partition coefficient (Wildman–Crippen LogP) is 2.57. The van der Waals surface area contributed by atoms with Gasteiger partial charge in [0, 0.05) is 12.0 Å². The minimum absolute atomic E-state index is 0.497. The first-order valence-corrected chi connectivity index (χ1v) is 5.06. The molecule has 0 aliphatic heterocycles. The van der Waals surface area contributed by atoms with Gasteiger partial charge in [0.2, 0.25) is 0 Å². The monoisotopic (exact) mass is 218 g/mol. The molecule has 0 aliphatic carbocycles. The lowest BCUT2D eigenvalue weighted by molar-refractivity contribution is 0.312. The Morgan fingerprint density at radius 2 is 2.38 bits per heavy atom. The number of oxime groups is 1. The SMILES string of the molecule is C/C(=N\O)c1cccc(OCCCC#N)c1. The highest BCUT2D eigenvalue weighted by Crippen LogP contribution is 2.14. The van der Waals surface area contributed by atoms with E-state index < -0.39 is 0 Å². The number of hydrogen-bond acceptors (Lipinski definition) is 4. The Bertz CT molecular complexity index is 408. The average molecular weight is 218 g/mol. The predicted molar refractivity (Wildman–Crippen MR) is 60.8 cm³/mol. The maximum Gasteiger partial charge on any atom is 0.119 e. The van der Waals surface area contributed by atoms with Gasteiger partial charge in [0.25, 0.3) is 0 Å². The summed E-state index contributed by atoms with van der Waals surface area (Å²) >= 11 is 0. The van der Waals surface area contributed by atoms with E-state index in [-0.39, 0.29) is 0 Å². The van der Waals surface area contributed by atoms with Crippen LogP contribution in [0.1, 0.15) is 25.3 Å². The fraction of sp³-hybridized carbons (Fsp3) is 0.333. The van der Waals surface area contributed by atoms with E-state index in [0.29, 0.717) is 25.2 Å². The molecule has 1 N–H and O–H groups in total. The first kappa shape index (κ1) is 12.1. The molecule has 0 fully saturated rings. The van der Waals surface area contributed by atoms with Gasteiger partial charge in [-0.1, -0.05) is 17.3 Å². The minimum atomic E-state index is 0.497. The van der Waals surface area contributed by atoms with Crippen LogP contribution in [0.25, 0.3) is 0 Å². The molecule has 16 heavy (non-hydrogen) atoms. The average Bonchev–Trinajstić information content (AvgIpc) is 2.34. The Morgan fingerprint density at radius 3 is 3.06 bits per heavy atom. The van der Waals surface area contributed by atoms with Crippen molar-refractivity contribution in [1.29, 1.82) is 5.26 Å². The molecule has 84 valence electrons. The van der Waals surface area contributed by atoms with E-state index in [1.807, 2.05) is 18.2 Å². The standard InChI is InChI=1S/C12H14N2O2/c1-10(14-15)11-5-4-6-12(9-11)16-8-3-2-7-13/h4-6,9,15H,2-3,8H2,1H3/b14-10+. The Hall–Kier alpha value is -2.02. The molecule has 1 aromatic rings. The second-order valence-corrected chi connectivity index (χ2v) is 3.32. The highest BCUT2D eigenvalue weighted by molar-refractivity contribution is 5.98. The molecule has 4 heteroatoms. The molecule has 0 heterocycles. The highest BCUT2D eigenvalue weighted by Gasteiger charge is 2.00. The van der Waals surface area contributed by atoms with Gasteiger partial charge in [-0.05, 0) is 25.5 Å². The van der Waals surface area contributed by atoms with Gasteiger partial charge in [-0.2, -0.15) is 5.26 Å². The fourth-order valence-corrected chi connectivity index (χ4v) is 1.21. The van der Waals surface area contributed by atoms with Crippen LogP contribution in [-0.2, 0) is 0 Å².